The average molecular weight is 315 g/mol. The zero-order chi connectivity index (χ0) is 17.3. The molecule has 0 aliphatic carbocycles. The van der Waals surface area contributed by atoms with Crippen LogP contribution in [0.2, 0.25) is 0 Å². The van der Waals surface area contributed by atoms with E-state index in [0.717, 1.165) is 28.2 Å². The molecular weight excluding hydrogens is 298 g/mol. The summed E-state index contributed by atoms with van der Waals surface area (Å²) in [5, 5.41) is 9.64. The van der Waals surface area contributed by atoms with Crippen molar-refractivity contribution in [3.05, 3.63) is 70.9 Å². The van der Waals surface area contributed by atoms with Crippen molar-refractivity contribution in [1.29, 1.82) is 5.26 Å². The third kappa shape index (κ3) is 2.57. The predicted octanol–water partition coefficient (Wildman–Crippen LogP) is 3.98. The maximum atomic E-state index is 9.64. The number of nitriles is 1. The van der Waals surface area contributed by atoms with Crippen LogP contribution >= 0.6 is 0 Å². The van der Waals surface area contributed by atoms with Crippen LogP contribution in [0.1, 0.15) is 22.6 Å². The van der Waals surface area contributed by atoms with Gasteiger partial charge in [-0.1, -0.05) is 24.3 Å². The number of imidazole rings is 1. The second kappa shape index (κ2) is 6.06. The average Bonchev–Trinajstić information content (AvgIpc) is 3.10. The molecule has 3 aromatic rings. The fraction of sp³-hybridized carbons (Fsp3) is 0.211. The summed E-state index contributed by atoms with van der Waals surface area (Å²) in [6.07, 6.45) is 3.76. The van der Waals surface area contributed by atoms with Gasteiger partial charge in [-0.2, -0.15) is 5.26 Å². The van der Waals surface area contributed by atoms with Gasteiger partial charge in [0.1, 0.15) is 6.07 Å². The summed E-state index contributed by atoms with van der Waals surface area (Å²) in [6.45, 7) is 11.7. The molecule has 5 nitrogen and oxygen atoms in total. The number of nitrogens with zero attached hydrogens (tertiary/aromatic N) is 5. The third-order valence-electron chi connectivity index (χ3n) is 4.26. The maximum absolute atomic E-state index is 9.64. The van der Waals surface area contributed by atoms with E-state index in [1.807, 2.05) is 43.8 Å². The summed E-state index contributed by atoms with van der Waals surface area (Å²) >= 11 is 0. The fourth-order valence-electron chi connectivity index (χ4n) is 3.02. The van der Waals surface area contributed by atoms with Crippen molar-refractivity contribution < 1.29 is 0 Å². The highest BCUT2D eigenvalue weighted by atomic mass is 15.1. The molecule has 0 fully saturated rings. The Balaban J connectivity index is 2.11. The number of aryl methyl sites for hydroxylation is 1. The molecule has 3 rings (SSSR count). The lowest BCUT2D eigenvalue weighted by molar-refractivity contribution is 0.733. The normalized spacial score (nSPS) is 10.4. The highest BCUT2D eigenvalue weighted by molar-refractivity contribution is 5.76. The molecule has 24 heavy (non-hydrogen) atoms. The first-order valence-corrected chi connectivity index (χ1v) is 7.59. The molecule has 0 saturated heterocycles. The molecule has 2 heterocycles. The van der Waals surface area contributed by atoms with Crippen LogP contribution in [-0.2, 0) is 13.6 Å². The predicted molar refractivity (Wildman–Crippen MR) is 92.6 cm³/mol. The minimum absolute atomic E-state index is 0.597. The highest BCUT2D eigenvalue weighted by Gasteiger charge is 2.19. The maximum Gasteiger partial charge on any atom is 0.187 e. The van der Waals surface area contributed by atoms with E-state index in [2.05, 4.69) is 20.5 Å². The monoisotopic (exact) mass is 315 g/mol. The Morgan fingerprint density at radius 3 is 2.46 bits per heavy atom. The van der Waals surface area contributed by atoms with Gasteiger partial charge in [0.05, 0.1) is 30.7 Å². The Bertz CT molecular complexity index is 975. The van der Waals surface area contributed by atoms with Gasteiger partial charge in [0, 0.05) is 30.2 Å². The Hall–Kier alpha value is -3.31. The second-order valence-corrected chi connectivity index (χ2v) is 5.81. The summed E-state index contributed by atoms with van der Waals surface area (Å²) in [7, 11) is 1.94. The molecule has 118 valence electrons. The first-order valence-electron chi connectivity index (χ1n) is 7.59. The van der Waals surface area contributed by atoms with Crippen LogP contribution < -0.4 is 0 Å². The van der Waals surface area contributed by atoms with E-state index in [9.17, 15) is 5.26 Å². The standard InChI is InChI=1S/C19H17N5/c1-13-18(9-20)19(15-5-7-16(21-3)8-6-15)14(2)24(13)11-17-10-23(4)12-22-17/h5-8,10,12H,11H2,1-2,4H3. The van der Waals surface area contributed by atoms with E-state index in [0.29, 0.717) is 17.8 Å². The lowest BCUT2D eigenvalue weighted by Crippen LogP contribution is -2.04. The number of hydrogen-bond acceptors (Lipinski definition) is 2. The van der Waals surface area contributed by atoms with Crippen LogP contribution in [0.15, 0.2) is 36.8 Å². The third-order valence-corrected chi connectivity index (χ3v) is 4.26. The molecule has 0 spiro atoms. The molecule has 0 radical (unpaired) electrons. The minimum Gasteiger partial charge on any atom is -0.341 e. The van der Waals surface area contributed by atoms with Gasteiger partial charge < -0.3 is 9.13 Å². The van der Waals surface area contributed by atoms with E-state index >= 15 is 0 Å². The quantitative estimate of drug-likeness (QED) is 0.687. The fourth-order valence-corrected chi connectivity index (χ4v) is 3.02. The number of benzene rings is 1. The lowest BCUT2D eigenvalue weighted by Gasteiger charge is -2.08. The van der Waals surface area contributed by atoms with Gasteiger partial charge in [0.25, 0.3) is 0 Å². The van der Waals surface area contributed by atoms with Crippen molar-refractivity contribution in [2.24, 2.45) is 7.05 Å². The molecule has 0 amide bonds. The zero-order valence-electron chi connectivity index (χ0n) is 13.9. The van der Waals surface area contributed by atoms with Gasteiger partial charge in [-0.25, -0.2) is 9.83 Å². The molecule has 0 bridgehead atoms. The van der Waals surface area contributed by atoms with E-state index < -0.39 is 0 Å². The van der Waals surface area contributed by atoms with Gasteiger partial charge in [-0.05, 0) is 19.4 Å². The Kier molecular flexibility index (Phi) is 3.93. The van der Waals surface area contributed by atoms with Gasteiger partial charge in [-0.15, -0.1) is 0 Å². The van der Waals surface area contributed by atoms with Crippen molar-refractivity contribution >= 4 is 5.69 Å². The highest BCUT2D eigenvalue weighted by Crippen LogP contribution is 2.33. The smallest absolute Gasteiger partial charge is 0.187 e. The molecule has 5 heteroatoms. The van der Waals surface area contributed by atoms with Crippen molar-refractivity contribution in [3.8, 4) is 17.2 Å². The molecular formula is C19H17N5. The first kappa shape index (κ1) is 15.6. The summed E-state index contributed by atoms with van der Waals surface area (Å²) in [5.74, 6) is 0. The lowest BCUT2D eigenvalue weighted by atomic mass is 10.0. The molecule has 0 N–H and O–H groups in total. The number of hydrogen-bond donors (Lipinski definition) is 0. The van der Waals surface area contributed by atoms with E-state index in [-0.39, 0.29) is 0 Å². The number of rotatable bonds is 3. The molecule has 0 unspecified atom stereocenters. The second-order valence-electron chi connectivity index (χ2n) is 5.81. The van der Waals surface area contributed by atoms with Crippen LogP contribution in [0, 0.1) is 31.8 Å². The van der Waals surface area contributed by atoms with Crippen LogP contribution in [0.25, 0.3) is 16.0 Å². The van der Waals surface area contributed by atoms with Crippen LogP contribution in [0.4, 0.5) is 5.69 Å². The van der Waals surface area contributed by atoms with Crippen LogP contribution in [0.5, 0.6) is 0 Å². The molecule has 0 saturated carbocycles. The van der Waals surface area contributed by atoms with Crippen molar-refractivity contribution in [1.82, 2.24) is 14.1 Å². The largest absolute Gasteiger partial charge is 0.341 e. The van der Waals surface area contributed by atoms with Gasteiger partial charge >= 0.3 is 0 Å². The molecule has 0 atom stereocenters. The molecule has 2 aromatic heterocycles. The Labute approximate surface area is 141 Å². The van der Waals surface area contributed by atoms with Crippen molar-refractivity contribution in [2.45, 2.75) is 20.4 Å². The summed E-state index contributed by atoms with van der Waals surface area (Å²) in [4.78, 5) is 7.80. The Morgan fingerprint density at radius 2 is 1.92 bits per heavy atom. The van der Waals surface area contributed by atoms with Crippen LogP contribution in [-0.4, -0.2) is 14.1 Å². The van der Waals surface area contributed by atoms with Gasteiger partial charge in [0.2, 0.25) is 0 Å². The SMILES string of the molecule is [C-]#[N+]c1ccc(-c2c(C#N)c(C)n(Cc3cn(C)cn3)c2C)cc1. The summed E-state index contributed by atoms with van der Waals surface area (Å²) < 4.78 is 4.04. The molecule has 1 aromatic carbocycles. The molecule has 0 aliphatic heterocycles. The van der Waals surface area contributed by atoms with E-state index in [1.54, 1.807) is 18.5 Å². The van der Waals surface area contributed by atoms with E-state index in [1.165, 1.54) is 0 Å². The first-order chi connectivity index (χ1) is 11.5. The van der Waals surface area contributed by atoms with Crippen LogP contribution in [0.3, 0.4) is 0 Å². The Morgan fingerprint density at radius 1 is 1.21 bits per heavy atom. The van der Waals surface area contributed by atoms with E-state index in [4.69, 9.17) is 6.57 Å². The van der Waals surface area contributed by atoms with Gasteiger partial charge in [-0.3, -0.25) is 0 Å². The summed E-state index contributed by atoms with van der Waals surface area (Å²) in [6, 6.07) is 9.72. The van der Waals surface area contributed by atoms with Crippen molar-refractivity contribution in [3.63, 3.8) is 0 Å². The van der Waals surface area contributed by atoms with Gasteiger partial charge in [0.15, 0.2) is 5.69 Å². The topological polar surface area (TPSA) is 50.9 Å². The molecule has 0 aliphatic rings. The minimum atomic E-state index is 0.597. The zero-order valence-corrected chi connectivity index (χ0v) is 13.9. The number of aromatic nitrogens is 3. The summed E-state index contributed by atoms with van der Waals surface area (Å²) in [5.41, 5.74) is 6.09. The van der Waals surface area contributed by atoms with Crippen molar-refractivity contribution in [2.75, 3.05) is 0 Å².